The van der Waals surface area contributed by atoms with Crippen LogP contribution in [0.4, 0.5) is 5.69 Å². The first-order valence-electron chi connectivity index (χ1n) is 9.54. The lowest BCUT2D eigenvalue weighted by molar-refractivity contribution is -0.120. The van der Waals surface area contributed by atoms with Gasteiger partial charge in [0.1, 0.15) is 0 Å². The molecule has 1 unspecified atom stereocenters. The molecule has 1 amide bonds. The average Bonchev–Trinajstić information content (AvgIpc) is 2.65. The van der Waals surface area contributed by atoms with Gasteiger partial charge >= 0.3 is 0 Å². The van der Waals surface area contributed by atoms with Gasteiger partial charge < -0.3 is 11.1 Å². The molecule has 2 aromatic carbocycles. The summed E-state index contributed by atoms with van der Waals surface area (Å²) >= 11 is 0. The highest BCUT2D eigenvalue weighted by Crippen LogP contribution is 2.20. The molecule has 4 nitrogen and oxygen atoms in total. The SMILES string of the molecule is CC1CCCCN1Cc1ccccc1CNC(=O)Cc1ccc(N)cc1. The first-order valence-corrected chi connectivity index (χ1v) is 9.54. The van der Waals surface area contributed by atoms with Gasteiger partial charge in [0.25, 0.3) is 0 Å². The number of hydrogen-bond donors (Lipinski definition) is 2. The highest BCUT2D eigenvalue weighted by Gasteiger charge is 2.19. The number of hydrogen-bond acceptors (Lipinski definition) is 3. The summed E-state index contributed by atoms with van der Waals surface area (Å²) in [6, 6.07) is 16.5. The molecule has 0 saturated carbocycles. The van der Waals surface area contributed by atoms with E-state index >= 15 is 0 Å². The highest BCUT2D eigenvalue weighted by molar-refractivity contribution is 5.78. The van der Waals surface area contributed by atoms with E-state index in [2.05, 4.69) is 35.3 Å². The molecule has 0 radical (unpaired) electrons. The van der Waals surface area contributed by atoms with E-state index in [1.165, 1.54) is 36.9 Å². The minimum atomic E-state index is 0.0379. The second-order valence-corrected chi connectivity index (χ2v) is 7.28. The summed E-state index contributed by atoms with van der Waals surface area (Å²) in [5.41, 5.74) is 9.91. The van der Waals surface area contributed by atoms with Crippen LogP contribution < -0.4 is 11.1 Å². The monoisotopic (exact) mass is 351 g/mol. The van der Waals surface area contributed by atoms with Crippen molar-refractivity contribution in [3.05, 3.63) is 65.2 Å². The largest absolute Gasteiger partial charge is 0.399 e. The van der Waals surface area contributed by atoms with Gasteiger partial charge in [-0.15, -0.1) is 0 Å². The van der Waals surface area contributed by atoms with Crippen LogP contribution in [-0.4, -0.2) is 23.4 Å². The van der Waals surface area contributed by atoms with Crippen molar-refractivity contribution in [3.8, 4) is 0 Å². The number of benzene rings is 2. The number of carbonyl (C=O) groups is 1. The fourth-order valence-electron chi connectivity index (χ4n) is 3.57. The number of piperidine rings is 1. The Morgan fingerprint density at radius 1 is 1.12 bits per heavy atom. The van der Waals surface area contributed by atoms with Crippen molar-refractivity contribution >= 4 is 11.6 Å². The summed E-state index contributed by atoms with van der Waals surface area (Å²) in [7, 11) is 0. The average molecular weight is 351 g/mol. The van der Waals surface area contributed by atoms with Crippen LogP contribution in [0.15, 0.2) is 48.5 Å². The minimum absolute atomic E-state index is 0.0379. The molecule has 4 heteroatoms. The van der Waals surface area contributed by atoms with Crippen molar-refractivity contribution < 1.29 is 4.79 Å². The summed E-state index contributed by atoms with van der Waals surface area (Å²) in [5, 5.41) is 3.06. The number of nitrogens with two attached hydrogens (primary N) is 1. The standard InChI is InChI=1S/C22H29N3O/c1-17-6-4-5-13-25(17)16-20-8-3-2-7-19(20)15-24-22(26)14-18-9-11-21(23)12-10-18/h2-3,7-12,17H,4-6,13-16,23H2,1H3,(H,24,26). The molecule has 3 N–H and O–H groups in total. The maximum Gasteiger partial charge on any atom is 0.224 e. The Balaban J connectivity index is 1.57. The molecule has 26 heavy (non-hydrogen) atoms. The quantitative estimate of drug-likeness (QED) is 0.783. The minimum Gasteiger partial charge on any atom is -0.399 e. The molecule has 0 aromatic heterocycles. The van der Waals surface area contributed by atoms with E-state index in [9.17, 15) is 4.79 Å². The van der Waals surface area contributed by atoms with Crippen molar-refractivity contribution in [3.63, 3.8) is 0 Å². The van der Waals surface area contributed by atoms with Gasteiger partial charge in [0.2, 0.25) is 5.91 Å². The van der Waals surface area contributed by atoms with E-state index in [1.807, 2.05) is 30.3 Å². The van der Waals surface area contributed by atoms with Crippen LogP contribution >= 0.6 is 0 Å². The Morgan fingerprint density at radius 3 is 2.58 bits per heavy atom. The maximum absolute atomic E-state index is 12.3. The Labute approximate surface area is 156 Å². The van der Waals surface area contributed by atoms with E-state index in [0.29, 0.717) is 19.0 Å². The smallest absolute Gasteiger partial charge is 0.224 e. The molecule has 0 aliphatic carbocycles. The Hall–Kier alpha value is -2.33. The molecule has 0 bridgehead atoms. The van der Waals surface area contributed by atoms with E-state index in [4.69, 9.17) is 5.73 Å². The van der Waals surface area contributed by atoms with Gasteiger partial charge in [0, 0.05) is 24.8 Å². The van der Waals surface area contributed by atoms with Gasteiger partial charge in [-0.2, -0.15) is 0 Å². The molecular formula is C22H29N3O. The van der Waals surface area contributed by atoms with Gasteiger partial charge in [-0.25, -0.2) is 0 Å². The number of anilines is 1. The van der Waals surface area contributed by atoms with Gasteiger partial charge in [-0.1, -0.05) is 42.8 Å². The number of amides is 1. The first kappa shape index (κ1) is 18.5. The van der Waals surface area contributed by atoms with Crippen molar-refractivity contribution in [1.29, 1.82) is 0 Å². The summed E-state index contributed by atoms with van der Waals surface area (Å²) in [4.78, 5) is 14.8. The number of likely N-dealkylation sites (tertiary alicyclic amines) is 1. The Bertz CT molecular complexity index is 726. The fourth-order valence-corrected chi connectivity index (χ4v) is 3.57. The van der Waals surface area contributed by atoms with E-state index < -0.39 is 0 Å². The molecule has 1 atom stereocenters. The van der Waals surface area contributed by atoms with Gasteiger partial charge in [-0.3, -0.25) is 9.69 Å². The normalized spacial score (nSPS) is 17.8. The van der Waals surface area contributed by atoms with Crippen LogP contribution in [0.1, 0.15) is 42.9 Å². The molecule has 0 spiro atoms. The van der Waals surface area contributed by atoms with Crippen molar-refractivity contribution in [2.45, 2.75) is 51.7 Å². The fraction of sp³-hybridized carbons (Fsp3) is 0.409. The Morgan fingerprint density at radius 2 is 1.85 bits per heavy atom. The van der Waals surface area contributed by atoms with Crippen LogP contribution in [0.25, 0.3) is 0 Å². The van der Waals surface area contributed by atoms with Crippen LogP contribution in [-0.2, 0) is 24.3 Å². The predicted molar refractivity (Wildman–Crippen MR) is 107 cm³/mol. The summed E-state index contributed by atoms with van der Waals surface area (Å²) < 4.78 is 0. The van der Waals surface area contributed by atoms with Gasteiger partial charge in [-0.05, 0) is 55.1 Å². The van der Waals surface area contributed by atoms with Crippen molar-refractivity contribution in [2.24, 2.45) is 0 Å². The van der Waals surface area contributed by atoms with Crippen molar-refractivity contribution in [2.75, 3.05) is 12.3 Å². The lowest BCUT2D eigenvalue weighted by Crippen LogP contribution is -2.37. The van der Waals surface area contributed by atoms with Crippen molar-refractivity contribution in [1.82, 2.24) is 10.2 Å². The number of nitrogens with one attached hydrogen (secondary N) is 1. The molecule has 1 aliphatic heterocycles. The molecule has 1 aliphatic rings. The zero-order chi connectivity index (χ0) is 18.4. The third-order valence-corrected chi connectivity index (χ3v) is 5.25. The highest BCUT2D eigenvalue weighted by atomic mass is 16.1. The third-order valence-electron chi connectivity index (χ3n) is 5.25. The van der Waals surface area contributed by atoms with E-state index in [1.54, 1.807) is 0 Å². The van der Waals surface area contributed by atoms with Crippen LogP contribution in [0.5, 0.6) is 0 Å². The lowest BCUT2D eigenvalue weighted by Gasteiger charge is -2.33. The molecule has 1 heterocycles. The molecular weight excluding hydrogens is 322 g/mol. The molecule has 3 rings (SSSR count). The third kappa shape index (κ3) is 5.09. The maximum atomic E-state index is 12.3. The second kappa shape index (κ2) is 8.86. The number of rotatable bonds is 6. The van der Waals surface area contributed by atoms with E-state index in [0.717, 1.165) is 17.8 Å². The predicted octanol–water partition coefficient (Wildman–Crippen LogP) is 3.50. The Kier molecular flexibility index (Phi) is 6.29. The summed E-state index contributed by atoms with van der Waals surface area (Å²) in [6.45, 7) is 5.02. The lowest BCUT2D eigenvalue weighted by atomic mass is 10.0. The number of carbonyl (C=O) groups excluding carboxylic acids is 1. The number of nitrogen functional groups attached to an aromatic ring is 1. The van der Waals surface area contributed by atoms with Crippen LogP contribution in [0, 0.1) is 0 Å². The van der Waals surface area contributed by atoms with Gasteiger partial charge in [0.05, 0.1) is 6.42 Å². The first-order chi connectivity index (χ1) is 12.6. The molecule has 138 valence electrons. The van der Waals surface area contributed by atoms with E-state index in [-0.39, 0.29) is 5.91 Å². The summed E-state index contributed by atoms with van der Waals surface area (Å²) in [6.07, 6.45) is 4.28. The zero-order valence-electron chi connectivity index (χ0n) is 15.6. The zero-order valence-corrected chi connectivity index (χ0v) is 15.6. The molecule has 2 aromatic rings. The van der Waals surface area contributed by atoms with Gasteiger partial charge in [0.15, 0.2) is 0 Å². The second-order valence-electron chi connectivity index (χ2n) is 7.28. The number of nitrogens with zero attached hydrogens (tertiary/aromatic N) is 1. The molecule has 1 fully saturated rings. The van der Waals surface area contributed by atoms with Crippen LogP contribution in [0.3, 0.4) is 0 Å². The van der Waals surface area contributed by atoms with Crippen LogP contribution in [0.2, 0.25) is 0 Å². The molecule has 1 saturated heterocycles. The topological polar surface area (TPSA) is 58.4 Å². The summed E-state index contributed by atoms with van der Waals surface area (Å²) in [5.74, 6) is 0.0379.